The largest absolute Gasteiger partial charge is 0.323 e. The number of hydrogen-bond donors (Lipinski definition) is 1. The highest BCUT2D eigenvalue weighted by atomic mass is 16.1. The average molecular weight is 376 g/mol. The summed E-state index contributed by atoms with van der Waals surface area (Å²) in [6.07, 6.45) is 1.17. The van der Waals surface area contributed by atoms with Gasteiger partial charge in [-0.2, -0.15) is 5.10 Å². The van der Waals surface area contributed by atoms with Gasteiger partial charge < -0.3 is 5.32 Å². The lowest BCUT2D eigenvalue weighted by Crippen LogP contribution is -2.14. The maximum Gasteiger partial charge on any atom is 0.224 e. The molecule has 3 aromatic rings. The summed E-state index contributed by atoms with van der Waals surface area (Å²) in [5, 5.41) is 7.64. The van der Waals surface area contributed by atoms with Crippen LogP contribution in [0, 0.1) is 13.8 Å². The molecule has 1 N–H and O–H groups in total. The number of aromatic nitrogens is 2. The van der Waals surface area contributed by atoms with E-state index in [1.54, 1.807) is 0 Å². The fraction of sp³-hybridized carbons (Fsp3) is 0.333. The number of para-hydroxylation sites is 1. The van der Waals surface area contributed by atoms with Crippen molar-refractivity contribution in [1.29, 1.82) is 0 Å². The molecule has 4 heteroatoms. The summed E-state index contributed by atoms with van der Waals surface area (Å²) in [7, 11) is 0. The van der Waals surface area contributed by atoms with E-state index in [4.69, 9.17) is 0 Å². The Morgan fingerprint density at radius 1 is 1.00 bits per heavy atom. The van der Waals surface area contributed by atoms with Crippen LogP contribution in [0.3, 0.4) is 0 Å². The van der Waals surface area contributed by atoms with Crippen molar-refractivity contribution in [3.8, 4) is 5.69 Å². The molecule has 0 unspecified atom stereocenters. The van der Waals surface area contributed by atoms with Crippen molar-refractivity contribution in [2.75, 3.05) is 5.32 Å². The number of anilines is 1. The van der Waals surface area contributed by atoms with Crippen molar-refractivity contribution >= 4 is 11.6 Å². The average Bonchev–Trinajstić information content (AvgIpc) is 2.95. The Balaban J connectivity index is 1.65. The van der Waals surface area contributed by atoms with Crippen LogP contribution in [0.4, 0.5) is 5.69 Å². The van der Waals surface area contributed by atoms with Crippen molar-refractivity contribution in [2.24, 2.45) is 0 Å². The van der Waals surface area contributed by atoms with Gasteiger partial charge in [-0.3, -0.25) is 4.79 Å². The lowest BCUT2D eigenvalue weighted by Gasteiger charge is -2.19. The van der Waals surface area contributed by atoms with Crippen molar-refractivity contribution in [1.82, 2.24) is 9.78 Å². The number of rotatable bonds is 5. The van der Waals surface area contributed by atoms with Gasteiger partial charge in [-0.1, -0.05) is 63.2 Å². The fourth-order valence-corrected chi connectivity index (χ4v) is 3.28. The molecule has 3 rings (SSSR count). The Kier molecular flexibility index (Phi) is 5.68. The summed E-state index contributed by atoms with van der Waals surface area (Å²) in [5.41, 5.74) is 6.18. The Hall–Kier alpha value is -2.88. The second kappa shape index (κ2) is 8.01. The van der Waals surface area contributed by atoms with Gasteiger partial charge in [0.15, 0.2) is 0 Å². The van der Waals surface area contributed by atoms with Crippen molar-refractivity contribution in [3.05, 3.63) is 77.1 Å². The third kappa shape index (κ3) is 4.50. The van der Waals surface area contributed by atoms with E-state index in [0.717, 1.165) is 29.2 Å². The van der Waals surface area contributed by atoms with Gasteiger partial charge >= 0.3 is 0 Å². The second-order valence-electron chi connectivity index (χ2n) is 8.29. The molecule has 0 aliphatic carbocycles. The topological polar surface area (TPSA) is 46.9 Å². The summed E-state index contributed by atoms with van der Waals surface area (Å²) in [4.78, 5) is 12.5. The van der Waals surface area contributed by atoms with Gasteiger partial charge in [0.1, 0.15) is 0 Å². The van der Waals surface area contributed by atoms with Crippen LogP contribution >= 0.6 is 0 Å². The quantitative estimate of drug-likeness (QED) is 0.653. The minimum Gasteiger partial charge on any atom is -0.323 e. The van der Waals surface area contributed by atoms with Crippen LogP contribution in [0.15, 0.2) is 54.6 Å². The summed E-state index contributed by atoms with van der Waals surface area (Å²) in [6, 6.07) is 18.5. The van der Waals surface area contributed by atoms with E-state index >= 15 is 0 Å². The molecule has 2 aromatic carbocycles. The second-order valence-corrected chi connectivity index (χ2v) is 8.29. The number of aryl methyl sites for hydroxylation is 2. The van der Waals surface area contributed by atoms with Crippen LogP contribution in [0.2, 0.25) is 0 Å². The van der Waals surface area contributed by atoms with E-state index < -0.39 is 0 Å². The molecule has 0 fully saturated rings. The minimum absolute atomic E-state index is 0.0127. The van der Waals surface area contributed by atoms with E-state index in [-0.39, 0.29) is 11.3 Å². The van der Waals surface area contributed by atoms with Crippen molar-refractivity contribution < 1.29 is 4.79 Å². The van der Waals surface area contributed by atoms with Crippen LogP contribution in [-0.2, 0) is 16.6 Å². The van der Waals surface area contributed by atoms with Gasteiger partial charge in [0.25, 0.3) is 0 Å². The molecule has 0 saturated heterocycles. The Labute approximate surface area is 167 Å². The van der Waals surface area contributed by atoms with Crippen LogP contribution in [0.1, 0.15) is 49.7 Å². The molecule has 1 amide bonds. The van der Waals surface area contributed by atoms with Crippen LogP contribution < -0.4 is 5.32 Å². The zero-order valence-electron chi connectivity index (χ0n) is 17.4. The zero-order chi connectivity index (χ0) is 20.3. The SMILES string of the molecule is Cc1nn(-c2ccccc2)c(C)c1NC(=O)CCc1ccc(C(C)(C)C)cc1. The van der Waals surface area contributed by atoms with Crippen LogP contribution in [0.5, 0.6) is 0 Å². The summed E-state index contributed by atoms with van der Waals surface area (Å²) >= 11 is 0. The standard InChI is InChI=1S/C24H29N3O/c1-17-23(18(2)27(26-17)21-9-7-6-8-10-21)25-22(28)16-13-19-11-14-20(15-12-19)24(3,4)5/h6-12,14-15H,13,16H2,1-5H3,(H,25,28). The van der Waals surface area contributed by atoms with Crippen molar-refractivity contribution in [2.45, 2.75) is 52.9 Å². The lowest BCUT2D eigenvalue weighted by molar-refractivity contribution is -0.116. The maximum absolute atomic E-state index is 12.5. The normalized spacial score (nSPS) is 11.5. The first kappa shape index (κ1) is 19.9. The molecule has 0 aliphatic heterocycles. The monoisotopic (exact) mass is 375 g/mol. The Morgan fingerprint density at radius 3 is 2.25 bits per heavy atom. The molecule has 0 aliphatic rings. The van der Waals surface area contributed by atoms with Crippen LogP contribution in [0.25, 0.3) is 5.69 Å². The maximum atomic E-state index is 12.5. The van der Waals surface area contributed by atoms with Gasteiger partial charge in [-0.05, 0) is 48.9 Å². The first-order valence-electron chi connectivity index (χ1n) is 9.76. The minimum atomic E-state index is 0.0127. The summed E-state index contributed by atoms with van der Waals surface area (Å²) in [6.45, 7) is 10.5. The number of nitrogens with one attached hydrogen (secondary N) is 1. The van der Waals surface area contributed by atoms with E-state index in [9.17, 15) is 4.79 Å². The first-order valence-corrected chi connectivity index (χ1v) is 9.76. The third-order valence-corrected chi connectivity index (χ3v) is 5.02. The van der Waals surface area contributed by atoms with Gasteiger partial charge in [-0.25, -0.2) is 4.68 Å². The number of nitrogens with zero attached hydrogens (tertiary/aromatic N) is 2. The summed E-state index contributed by atoms with van der Waals surface area (Å²) in [5.74, 6) is 0.0127. The number of carbonyl (C=O) groups is 1. The molecular formula is C24H29N3O. The number of amides is 1. The highest BCUT2D eigenvalue weighted by Crippen LogP contribution is 2.24. The molecule has 0 bridgehead atoms. The highest BCUT2D eigenvalue weighted by molar-refractivity contribution is 5.92. The summed E-state index contributed by atoms with van der Waals surface area (Å²) < 4.78 is 1.87. The Bertz CT molecular complexity index is 948. The highest BCUT2D eigenvalue weighted by Gasteiger charge is 2.16. The molecule has 4 nitrogen and oxygen atoms in total. The molecule has 146 valence electrons. The van der Waals surface area contributed by atoms with Gasteiger partial charge in [0.05, 0.1) is 22.8 Å². The third-order valence-electron chi connectivity index (χ3n) is 5.02. The lowest BCUT2D eigenvalue weighted by atomic mass is 9.86. The fourth-order valence-electron chi connectivity index (χ4n) is 3.28. The molecule has 1 aromatic heterocycles. The number of hydrogen-bond acceptors (Lipinski definition) is 2. The molecule has 28 heavy (non-hydrogen) atoms. The van der Waals surface area contributed by atoms with E-state index in [1.807, 2.05) is 48.9 Å². The molecular weight excluding hydrogens is 346 g/mol. The molecule has 0 saturated carbocycles. The van der Waals surface area contributed by atoms with Crippen molar-refractivity contribution in [3.63, 3.8) is 0 Å². The molecule has 0 radical (unpaired) electrons. The predicted molar refractivity (Wildman–Crippen MR) is 115 cm³/mol. The predicted octanol–water partition coefficient (Wildman–Crippen LogP) is 5.36. The first-order chi connectivity index (χ1) is 13.3. The smallest absolute Gasteiger partial charge is 0.224 e. The number of carbonyl (C=O) groups excluding carboxylic acids is 1. The zero-order valence-corrected chi connectivity index (χ0v) is 17.4. The molecule has 1 heterocycles. The van der Waals surface area contributed by atoms with Crippen LogP contribution in [-0.4, -0.2) is 15.7 Å². The van der Waals surface area contributed by atoms with Gasteiger partial charge in [-0.15, -0.1) is 0 Å². The molecule has 0 spiro atoms. The van der Waals surface area contributed by atoms with Gasteiger partial charge in [0.2, 0.25) is 5.91 Å². The Morgan fingerprint density at radius 2 is 1.64 bits per heavy atom. The van der Waals surface area contributed by atoms with E-state index in [1.165, 1.54) is 11.1 Å². The number of benzene rings is 2. The van der Waals surface area contributed by atoms with E-state index in [2.05, 4.69) is 55.5 Å². The van der Waals surface area contributed by atoms with E-state index in [0.29, 0.717) is 6.42 Å². The molecule has 0 atom stereocenters. The van der Waals surface area contributed by atoms with Gasteiger partial charge in [0, 0.05) is 6.42 Å².